The van der Waals surface area contributed by atoms with E-state index in [1.54, 1.807) is 49.4 Å². The zero-order chi connectivity index (χ0) is 34.9. The summed E-state index contributed by atoms with van der Waals surface area (Å²) in [5.41, 5.74) is 4.10. The van der Waals surface area contributed by atoms with Crippen molar-refractivity contribution in [2.75, 3.05) is 71.3 Å². The van der Waals surface area contributed by atoms with Crippen LogP contribution in [0.15, 0.2) is 54.6 Å². The first-order valence-corrected chi connectivity index (χ1v) is 16.6. The van der Waals surface area contributed by atoms with Crippen LogP contribution in [0, 0.1) is 6.92 Å². The molecule has 1 saturated heterocycles. The Kier molecular flexibility index (Phi) is 15.5. The van der Waals surface area contributed by atoms with Crippen molar-refractivity contribution in [2.45, 2.75) is 39.2 Å². The van der Waals surface area contributed by atoms with Gasteiger partial charge in [0, 0.05) is 52.3 Å². The number of aryl methyl sites for hydroxylation is 1. The highest BCUT2D eigenvalue weighted by Gasteiger charge is 2.22. The number of amides is 3. The van der Waals surface area contributed by atoms with Gasteiger partial charge in [0.05, 0.1) is 36.2 Å². The molecule has 276 valence electrons. The van der Waals surface area contributed by atoms with E-state index in [1.165, 1.54) is 7.11 Å². The molecule has 51 heavy (non-hydrogen) atoms. The van der Waals surface area contributed by atoms with Gasteiger partial charge in [0.1, 0.15) is 29.4 Å². The molecule has 0 atom stereocenters. The predicted molar refractivity (Wildman–Crippen MR) is 204 cm³/mol. The number of hydrogen-bond acceptors (Lipinski definition) is 8. The van der Waals surface area contributed by atoms with E-state index in [-0.39, 0.29) is 42.5 Å². The van der Waals surface area contributed by atoms with Crippen LogP contribution in [0.4, 0.5) is 11.4 Å². The van der Waals surface area contributed by atoms with Crippen LogP contribution in [0.5, 0.6) is 11.5 Å². The molecule has 2 N–H and O–H groups in total. The summed E-state index contributed by atoms with van der Waals surface area (Å²) in [5, 5.41) is 2.90. The molecule has 5 rings (SSSR count). The summed E-state index contributed by atoms with van der Waals surface area (Å²) in [4.78, 5) is 53.0. The van der Waals surface area contributed by atoms with Gasteiger partial charge in [-0.1, -0.05) is 12.1 Å². The van der Waals surface area contributed by atoms with Crippen molar-refractivity contribution in [3.8, 4) is 11.5 Å². The minimum atomic E-state index is -0.362. The number of piperazine rings is 1. The predicted octanol–water partition coefficient (Wildman–Crippen LogP) is 6.11. The van der Waals surface area contributed by atoms with E-state index >= 15 is 0 Å². The molecule has 0 radical (unpaired) electrons. The zero-order valence-electron chi connectivity index (χ0n) is 29.8. The number of carbonyl (C=O) groups is 3. The first kappa shape index (κ1) is 41.1. The highest BCUT2D eigenvalue weighted by Crippen LogP contribution is 2.32. The van der Waals surface area contributed by atoms with E-state index in [1.807, 2.05) is 36.1 Å². The summed E-state index contributed by atoms with van der Waals surface area (Å²) in [6.07, 6.45) is 3.05. The fourth-order valence-electron chi connectivity index (χ4n) is 5.86. The van der Waals surface area contributed by atoms with Gasteiger partial charge in [0.15, 0.2) is 0 Å². The van der Waals surface area contributed by atoms with Crippen molar-refractivity contribution in [3.05, 3.63) is 77.1 Å². The second kappa shape index (κ2) is 19.3. The first-order valence-electron chi connectivity index (χ1n) is 16.6. The minimum Gasteiger partial charge on any atom is -0.495 e. The topological polar surface area (TPSA) is 129 Å². The van der Waals surface area contributed by atoms with E-state index in [2.05, 4.69) is 27.2 Å². The molecule has 1 aromatic heterocycles. The molecule has 12 nitrogen and oxygen atoms in total. The van der Waals surface area contributed by atoms with Crippen molar-refractivity contribution < 1.29 is 28.6 Å². The number of para-hydroxylation sites is 1. The monoisotopic (exact) mass is 742 g/mol. The van der Waals surface area contributed by atoms with Crippen LogP contribution < -0.4 is 19.7 Å². The number of halogens is 2. The zero-order valence-corrected chi connectivity index (χ0v) is 31.5. The van der Waals surface area contributed by atoms with Gasteiger partial charge in [-0.05, 0) is 81.3 Å². The van der Waals surface area contributed by atoms with Crippen LogP contribution in [0.3, 0.4) is 0 Å². The molecule has 0 saturated carbocycles. The third-order valence-electron chi connectivity index (χ3n) is 8.71. The third kappa shape index (κ3) is 10.4. The summed E-state index contributed by atoms with van der Waals surface area (Å²) in [7, 11) is 6.85. The Morgan fingerprint density at radius 3 is 2.43 bits per heavy atom. The summed E-state index contributed by atoms with van der Waals surface area (Å²) in [6.45, 7) is 6.20. The molecule has 4 aromatic rings. The largest absolute Gasteiger partial charge is 0.495 e. The van der Waals surface area contributed by atoms with E-state index in [0.717, 1.165) is 56.5 Å². The van der Waals surface area contributed by atoms with Crippen LogP contribution in [-0.2, 0) is 16.1 Å². The maximum Gasteiger partial charge on any atom is 0.258 e. The van der Waals surface area contributed by atoms with Gasteiger partial charge in [-0.15, -0.1) is 24.8 Å². The van der Waals surface area contributed by atoms with Crippen LogP contribution in [-0.4, -0.2) is 98.6 Å². The fraction of sp³-hybridized carbons (Fsp3) is 0.405. The SMILES string of the molecule is COCc1nc2c(C(=O)Nc3ccc(C(=O)N(C)c4ccc(C)cc4OCCCCCC(=O)N4CCN(C)CC4)cc3OC)cccc2[nH]1.Cl.Cl. The van der Waals surface area contributed by atoms with Crippen molar-refractivity contribution in [3.63, 3.8) is 0 Å². The summed E-state index contributed by atoms with van der Waals surface area (Å²) < 4.78 is 16.9. The highest BCUT2D eigenvalue weighted by atomic mass is 35.5. The number of hydrogen-bond donors (Lipinski definition) is 2. The molecular formula is C37H48Cl2N6O6. The molecule has 0 aliphatic carbocycles. The number of nitrogens with one attached hydrogen (secondary N) is 2. The lowest BCUT2D eigenvalue weighted by Crippen LogP contribution is -2.47. The number of aromatic amines is 1. The number of rotatable bonds is 14. The number of carbonyl (C=O) groups excluding carboxylic acids is 3. The van der Waals surface area contributed by atoms with Gasteiger partial charge in [-0.2, -0.15) is 0 Å². The number of methoxy groups -OCH3 is 2. The maximum absolute atomic E-state index is 13.7. The Bertz CT molecular complexity index is 1790. The highest BCUT2D eigenvalue weighted by molar-refractivity contribution is 6.12. The number of H-pyrrole nitrogens is 1. The van der Waals surface area contributed by atoms with E-state index in [4.69, 9.17) is 14.2 Å². The van der Waals surface area contributed by atoms with Gasteiger partial charge in [-0.3, -0.25) is 14.4 Å². The van der Waals surface area contributed by atoms with Crippen LogP contribution in [0.2, 0.25) is 0 Å². The molecule has 0 unspecified atom stereocenters. The number of fused-ring (bicyclic) bond motifs is 1. The molecule has 14 heteroatoms. The maximum atomic E-state index is 13.7. The lowest BCUT2D eigenvalue weighted by atomic mass is 10.1. The average Bonchev–Trinajstić information content (AvgIpc) is 3.52. The van der Waals surface area contributed by atoms with Crippen molar-refractivity contribution in [1.29, 1.82) is 0 Å². The van der Waals surface area contributed by atoms with E-state index in [9.17, 15) is 14.4 Å². The second-order valence-electron chi connectivity index (χ2n) is 12.4. The molecule has 2 heterocycles. The molecule has 1 aliphatic rings. The number of nitrogens with zero attached hydrogens (tertiary/aromatic N) is 4. The molecule has 1 aliphatic heterocycles. The molecule has 1 fully saturated rings. The lowest BCUT2D eigenvalue weighted by molar-refractivity contribution is -0.132. The standard InChI is InChI=1S/C37H46N6O6.2ClH/c1-25-13-16-30(32(22-25)49-21-8-6-7-12-34(44)43-19-17-41(2)18-20-43)42(3)37(46)26-14-15-28(31(23-26)48-5)39-36(45)27-10-9-11-29-35(27)40-33(38-29)24-47-4;;/h9-11,13-16,22-23H,6-8,12,17-21,24H2,1-5H3,(H,38,40)(H,39,45);2*1H. The minimum absolute atomic E-state index is 0. The molecule has 0 bridgehead atoms. The van der Waals surface area contributed by atoms with Gasteiger partial charge in [0.25, 0.3) is 11.8 Å². The normalized spacial score (nSPS) is 12.8. The molecule has 0 spiro atoms. The van der Waals surface area contributed by atoms with Gasteiger partial charge < -0.3 is 39.2 Å². The Morgan fingerprint density at radius 1 is 0.941 bits per heavy atom. The first-order chi connectivity index (χ1) is 23.7. The third-order valence-corrected chi connectivity index (χ3v) is 8.71. The number of anilines is 2. The van der Waals surface area contributed by atoms with Gasteiger partial charge >= 0.3 is 0 Å². The van der Waals surface area contributed by atoms with Crippen LogP contribution in [0.1, 0.15) is 57.8 Å². The summed E-state index contributed by atoms with van der Waals surface area (Å²) in [6, 6.07) is 16.0. The number of likely N-dealkylation sites (N-methyl/N-ethyl adjacent to an activating group) is 1. The second-order valence-corrected chi connectivity index (χ2v) is 12.4. The number of aromatic nitrogens is 2. The lowest BCUT2D eigenvalue weighted by Gasteiger charge is -2.32. The Morgan fingerprint density at radius 2 is 1.71 bits per heavy atom. The number of imidazole rings is 1. The summed E-state index contributed by atoms with van der Waals surface area (Å²) >= 11 is 0. The quantitative estimate of drug-likeness (QED) is 0.148. The molecule has 3 amide bonds. The van der Waals surface area contributed by atoms with Crippen LogP contribution >= 0.6 is 24.8 Å². The van der Waals surface area contributed by atoms with Gasteiger partial charge in [0.2, 0.25) is 5.91 Å². The summed E-state index contributed by atoms with van der Waals surface area (Å²) in [5.74, 6) is 1.17. The Hall–Kier alpha value is -4.36. The van der Waals surface area contributed by atoms with Crippen molar-refractivity contribution in [1.82, 2.24) is 19.8 Å². The van der Waals surface area contributed by atoms with Crippen LogP contribution in [0.25, 0.3) is 11.0 Å². The smallest absolute Gasteiger partial charge is 0.258 e. The van der Waals surface area contributed by atoms with E-state index < -0.39 is 0 Å². The molecule has 3 aromatic carbocycles. The van der Waals surface area contributed by atoms with Crippen molar-refractivity contribution in [2.24, 2.45) is 0 Å². The van der Waals surface area contributed by atoms with Gasteiger partial charge in [-0.25, -0.2) is 4.98 Å². The fourth-order valence-corrected chi connectivity index (χ4v) is 5.86. The Labute approximate surface area is 311 Å². The average molecular weight is 744 g/mol. The number of ether oxygens (including phenoxy) is 3. The Balaban J connectivity index is 0.00000351. The number of unbranched alkanes of at least 4 members (excludes halogenated alkanes) is 2. The van der Waals surface area contributed by atoms with E-state index in [0.29, 0.717) is 65.0 Å². The molecular weight excluding hydrogens is 695 g/mol. The number of benzene rings is 3. The van der Waals surface area contributed by atoms with Crippen molar-refractivity contribution >= 4 is 64.9 Å².